The van der Waals surface area contributed by atoms with E-state index in [4.69, 9.17) is 9.94 Å². The van der Waals surface area contributed by atoms with Crippen LogP contribution in [0.3, 0.4) is 0 Å². The van der Waals surface area contributed by atoms with Gasteiger partial charge in [-0.25, -0.2) is 0 Å². The maximum atomic E-state index is 13.5. The highest BCUT2D eigenvalue weighted by Gasteiger charge is 2.35. The lowest BCUT2D eigenvalue weighted by Gasteiger charge is -2.34. The van der Waals surface area contributed by atoms with Gasteiger partial charge in [-0.2, -0.15) is 5.10 Å². The minimum atomic E-state index is 0.0230. The normalized spacial score (nSPS) is 17.5. The lowest BCUT2D eigenvalue weighted by molar-refractivity contribution is 0.0860. The Labute approximate surface area is 253 Å². The second-order valence-corrected chi connectivity index (χ2v) is 12.6. The first kappa shape index (κ1) is 28.1. The predicted molar refractivity (Wildman–Crippen MR) is 172 cm³/mol. The molecule has 0 atom stereocenters. The third kappa shape index (κ3) is 4.83. The minimum Gasteiger partial charge on any atom is -0.393 e. The van der Waals surface area contributed by atoms with Gasteiger partial charge in [-0.3, -0.25) is 9.48 Å². The van der Waals surface area contributed by atoms with Gasteiger partial charge in [0.25, 0.3) is 5.91 Å². The van der Waals surface area contributed by atoms with Crippen LogP contribution in [0.4, 0.5) is 0 Å². The van der Waals surface area contributed by atoms with Crippen molar-refractivity contribution in [2.24, 2.45) is 12.2 Å². The molecule has 1 fully saturated rings. The molecule has 226 valence electrons. The van der Waals surface area contributed by atoms with Crippen LogP contribution in [0.2, 0.25) is 0 Å². The third-order valence-corrected chi connectivity index (χ3v) is 9.53. The molecule has 9 heteroatoms. The number of carbonyl (C=O) groups excluding carboxylic acids is 1. The van der Waals surface area contributed by atoms with Gasteiger partial charge in [0.15, 0.2) is 0 Å². The Kier molecular flexibility index (Phi) is 7.26. The van der Waals surface area contributed by atoms with E-state index < -0.39 is 0 Å². The van der Waals surface area contributed by atoms with Crippen LogP contribution in [-0.4, -0.2) is 81.1 Å². The molecule has 2 aromatic heterocycles. The SMILES string of the molecule is CCN1CCN(CCCn2c3ccc(C(C)=NOC(C)C)cc3c3c4c(c5c(c32)CCc2nn(C)cc2-5)C(=O)NC4)CC1. The topological polar surface area (TPSA) is 79.9 Å². The summed E-state index contributed by atoms with van der Waals surface area (Å²) in [5, 5.41) is 14.7. The number of hydrogen-bond donors (Lipinski definition) is 1. The molecule has 2 aromatic carbocycles. The van der Waals surface area contributed by atoms with Gasteiger partial charge in [0, 0.05) is 79.9 Å². The van der Waals surface area contributed by atoms with E-state index in [0.717, 1.165) is 104 Å². The zero-order chi connectivity index (χ0) is 29.8. The summed E-state index contributed by atoms with van der Waals surface area (Å²) in [6.07, 6.45) is 4.96. The second kappa shape index (κ2) is 11.1. The highest BCUT2D eigenvalue weighted by atomic mass is 16.6. The van der Waals surface area contributed by atoms with Gasteiger partial charge in [-0.15, -0.1) is 0 Å². The molecule has 0 spiro atoms. The summed E-state index contributed by atoms with van der Waals surface area (Å²) in [7, 11) is 1.97. The Balaban J connectivity index is 1.39. The van der Waals surface area contributed by atoms with E-state index in [1.807, 2.05) is 32.5 Å². The van der Waals surface area contributed by atoms with Gasteiger partial charge in [0.05, 0.1) is 22.5 Å². The van der Waals surface area contributed by atoms with Gasteiger partial charge >= 0.3 is 0 Å². The number of aryl methyl sites for hydroxylation is 4. The van der Waals surface area contributed by atoms with Crippen LogP contribution in [0.5, 0.6) is 0 Å². The van der Waals surface area contributed by atoms with E-state index in [2.05, 4.69) is 56.2 Å². The average Bonchev–Trinajstić information content (AvgIpc) is 3.68. The van der Waals surface area contributed by atoms with Crippen molar-refractivity contribution >= 4 is 33.4 Å². The van der Waals surface area contributed by atoms with Crippen molar-refractivity contribution in [3.8, 4) is 11.1 Å². The van der Waals surface area contributed by atoms with Crippen LogP contribution in [0.1, 0.15) is 66.9 Å². The van der Waals surface area contributed by atoms with Gasteiger partial charge in [-0.1, -0.05) is 18.1 Å². The van der Waals surface area contributed by atoms with E-state index in [1.54, 1.807) is 0 Å². The average molecular weight is 582 g/mol. The molecule has 0 bridgehead atoms. The standard InChI is InChI=1S/C34H43N7O2/c1-6-39-14-16-40(17-15-39)12-7-13-41-29-11-8-23(22(4)37-43-21(2)3)18-25(29)31-26-19-35-34(42)32(26)30-24(33(31)41)9-10-28-27(30)20-38(5)36-28/h8,11,18,20-21H,6-7,9-10,12-17,19H2,1-5H3,(H,35,42). The van der Waals surface area contributed by atoms with Crippen molar-refractivity contribution < 1.29 is 9.63 Å². The summed E-state index contributed by atoms with van der Waals surface area (Å²) >= 11 is 0. The molecule has 1 aliphatic carbocycles. The number of likely N-dealkylation sites (N-methyl/N-ethyl adjacent to an activating group) is 1. The first-order chi connectivity index (χ1) is 20.8. The van der Waals surface area contributed by atoms with E-state index >= 15 is 0 Å². The first-order valence-corrected chi connectivity index (χ1v) is 15.9. The lowest BCUT2D eigenvalue weighted by atomic mass is 9.82. The summed E-state index contributed by atoms with van der Waals surface area (Å²) in [6.45, 7) is 16.5. The fraction of sp³-hybridized carbons (Fsp3) is 0.500. The van der Waals surface area contributed by atoms with Crippen molar-refractivity contribution in [3.63, 3.8) is 0 Å². The molecular formula is C34H43N7O2. The van der Waals surface area contributed by atoms with Crippen molar-refractivity contribution in [2.45, 2.75) is 66.2 Å². The number of piperazine rings is 1. The number of aromatic nitrogens is 3. The number of fused-ring (bicyclic) bond motifs is 10. The van der Waals surface area contributed by atoms with Crippen molar-refractivity contribution in [2.75, 3.05) is 39.3 Å². The molecular weight excluding hydrogens is 538 g/mol. The maximum Gasteiger partial charge on any atom is 0.252 e. The highest BCUT2D eigenvalue weighted by molar-refractivity contribution is 6.20. The molecule has 43 heavy (non-hydrogen) atoms. The number of benzene rings is 2. The van der Waals surface area contributed by atoms with Gasteiger partial charge in [0.1, 0.15) is 6.10 Å². The van der Waals surface area contributed by atoms with E-state index in [0.29, 0.717) is 6.54 Å². The summed E-state index contributed by atoms with van der Waals surface area (Å²) < 4.78 is 4.45. The van der Waals surface area contributed by atoms with Crippen molar-refractivity contribution in [3.05, 3.63) is 52.3 Å². The van der Waals surface area contributed by atoms with Gasteiger partial charge < -0.3 is 24.5 Å². The number of oxime groups is 1. The number of rotatable bonds is 8. The van der Waals surface area contributed by atoms with Crippen LogP contribution < -0.4 is 5.32 Å². The van der Waals surface area contributed by atoms with E-state index in [9.17, 15) is 4.79 Å². The first-order valence-electron chi connectivity index (χ1n) is 15.9. The fourth-order valence-electron chi connectivity index (χ4n) is 7.39. The molecule has 2 aliphatic heterocycles. The minimum absolute atomic E-state index is 0.0230. The smallest absolute Gasteiger partial charge is 0.252 e. The maximum absolute atomic E-state index is 13.5. The summed E-state index contributed by atoms with van der Waals surface area (Å²) in [5.41, 5.74) is 10.9. The molecule has 0 saturated carbocycles. The largest absolute Gasteiger partial charge is 0.393 e. The fourth-order valence-corrected chi connectivity index (χ4v) is 7.39. The molecule has 1 N–H and O–H groups in total. The molecule has 4 heterocycles. The lowest BCUT2D eigenvalue weighted by Crippen LogP contribution is -2.46. The number of hydrogen-bond acceptors (Lipinski definition) is 6. The van der Waals surface area contributed by atoms with Crippen LogP contribution in [0, 0.1) is 0 Å². The molecule has 9 nitrogen and oxygen atoms in total. The highest BCUT2D eigenvalue weighted by Crippen LogP contribution is 2.47. The van der Waals surface area contributed by atoms with Crippen LogP contribution in [-0.2, 0) is 37.8 Å². The summed E-state index contributed by atoms with van der Waals surface area (Å²) in [4.78, 5) is 24.2. The van der Waals surface area contributed by atoms with Gasteiger partial charge in [0.2, 0.25) is 0 Å². The number of carbonyl (C=O) groups is 1. The molecule has 3 aliphatic rings. The molecule has 0 unspecified atom stereocenters. The monoisotopic (exact) mass is 581 g/mol. The van der Waals surface area contributed by atoms with Crippen LogP contribution in [0.15, 0.2) is 29.6 Å². The number of nitrogens with one attached hydrogen (secondary N) is 1. The van der Waals surface area contributed by atoms with Crippen molar-refractivity contribution in [1.29, 1.82) is 0 Å². The van der Waals surface area contributed by atoms with E-state index in [1.165, 1.54) is 27.4 Å². The Morgan fingerprint density at radius 2 is 1.86 bits per heavy atom. The van der Waals surface area contributed by atoms with Crippen LogP contribution >= 0.6 is 0 Å². The van der Waals surface area contributed by atoms with E-state index in [-0.39, 0.29) is 12.0 Å². The van der Waals surface area contributed by atoms with Gasteiger partial charge in [-0.05, 0) is 81.9 Å². The Morgan fingerprint density at radius 3 is 2.63 bits per heavy atom. The third-order valence-electron chi connectivity index (χ3n) is 9.53. The molecule has 7 rings (SSSR count). The van der Waals surface area contributed by atoms with Crippen LogP contribution in [0.25, 0.3) is 32.9 Å². The van der Waals surface area contributed by atoms with Crippen molar-refractivity contribution in [1.82, 2.24) is 29.5 Å². The number of amides is 1. The molecule has 1 amide bonds. The molecule has 0 radical (unpaired) electrons. The zero-order valence-corrected chi connectivity index (χ0v) is 26.2. The Hall–Kier alpha value is -3.69. The predicted octanol–water partition coefficient (Wildman–Crippen LogP) is 4.71. The Morgan fingerprint density at radius 1 is 1.07 bits per heavy atom. The molecule has 4 aromatic rings. The molecule has 1 saturated heterocycles. The number of nitrogens with zero attached hydrogens (tertiary/aromatic N) is 6. The summed E-state index contributed by atoms with van der Waals surface area (Å²) in [5.74, 6) is 0.0243. The second-order valence-electron chi connectivity index (χ2n) is 12.6. The Bertz CT molecular complexity index is 1750. The summed E-state index contributed by atoms with van der Waals surface area (Å²) in [6, 6.07) is 6.67. The zero-order valence-electron chi connectivity index (χ0n) is 26.2. The quantitative estimate of drug-likeness (QED) is 0.241.